The summed E-state index contributed by atoms with van der Waals surface area (Å²) >= 11 is 0. The molecule has 0 rings (SSSR count). The number of carbonyl (C=O) groups excluding carboxylic acids is 3. The van der Waals surface area contributed by atoms with Crippen molar-refractivity contribution in [1.82, 2.24) is 0 Å². The maximum atomic E-state index is 12.9. The highest BCUT2D eigenvalue weighted by Gasteiger charge is 2.19. The van der Waals surface area contributed by atoms with E-state index in [1.807, 2.05) is 0 Å². The van der Waals surface area contributed by atoms with Gasteiger partial charge < -0.3 is 14.2 Å². The SMILES string of the molecule is CC/C=C\C/C=C\C/C=C\C/C=C\C/C=C\CCCCCCCCCCCCCCCCCC(=O)OCC(COC(=O)CCCCCCC/C=C\CCCCCCC)OC(=O)CCCCCCC/C=C\C/C=C\CCCCCC. The normalized spacial score (nSPS) is 12.7. The zero-order valence-electron chi connectivity index (χ0n) is 52.1. The van der Waals surface area contributed by atoms with Gasteiger partial charge in [0.2, 0.25) is 0 Å². The number of carbonyl (C=O) groups is 3. The van der Waals surface area contributed by atoms with Gasteiger partial charge in [0.05, 0.1) is 0 Å². The van der Waals surface area contributed by atoms with Crippen LogP contribution >= 0.6 is 0 Å². The molecule has 0 aliphatic heterocycles. The van der Waals surface area contributed by atoms with E-state index in [2.05, 4.69) is 118 Å². The molecule has 0 saturated carbocycles. The monoisotopic (exact) mass is 1100 g/mol. The van der Waals surface area contributed by atoms with Gasteiger partial charge in [-0.2, -0.15) is 0 Å². The number of hydrogen-bond acceptors (Lipinski definition) is 6. The first kappa shape index (κ1) is 75.3. The molecule has 0 aromatic carbocycles. The van der Waals surface area contributed by atoms with Crippen LogP contribution in [0.25, 0.3) is 0 Å². The van der Waals surface area contributed by atoms with Crippen molar-refractivity contribution in [2.24, 2.45) is 0 Å². The third kappa shape index (κ3) is 65.0. The zero-order valence-corrected chi connectivity index (χ0v) is 52.1. The van der Waals surface area contributed by atoms with Crippen molar-refractivity contribution in [3.8, 4) is 0 Å². The molecule has 0 aliphatic rings. The number of rotatable bonds is 61. The third-order valence-corrected chi connectivity index (χ3v) is 14.5. The summed E-state index contributed by atoms with van der Waals surface area (Å²) in [6.45, 7) is 6.51. The van der Waals surface area contributed by atoms with E-state index in [1.54, 1.807) is 0 Å². The Morgan fingerprint density at radius 2 is 0.494 bits per heavy atom. The van der Waals surface area contributed by atoms with Crippen LogP contribution in [0.1, 0.15) is 329 Å². The van der Waals surface area contributed by atoms with Crippen molar-refractivity contribution in [3.63, 3.8) is 0 Å². The molecule has 0 bridgehead atoms. The van der Waals surface area contributed by atoms with Gasteiger partial charge in [0.25, 0.3) is 0 Å². The van der Waals surface area contributed by atoms with Crippen LogP contribution in [-0.4, -0.2) is 37.2 Å². The van der Waals surface area contributed by atoms with Gasteiger partial charge in [0, 0.05) is 19.3 Å². The highest BCUT2D eigenvalue weighted by molar-refractivity contribution is 5.71. The fraction of sp³-hybridized carbons (Fsp3) is 0.740. The van der Waals surface area contributed by atoms with Crippen LogP contribution in [0.15, 0.2) is 97.2 Å². The van der Waals surface area contributed by atoms with E-state index in [0.717, 1.165) is 122 Å². The smallest absolute Gasteiger partial charge is 0.306 e. The summed E-state index contributed by atoms with van der Waals surface area (Å²) in [4.78, 5) is 38.3. The molecule has 0 radical (unpaired) electrons. The molecule has 0 aromatic rings. The van der Waals surface area contributed by atoms with Crippen molar-refractivity contribution in [2.45, 2.75) is 335 Å². The Morgan fingerprint density at radius 1 is 0.266 bits per heavy atom. The molecule has 0 fully saturated rings. The van der Waals surface area contributed by atoms with Crippen molar-refractivity contribution < 1.29 is 28.6 Å². The summed E-state index contributed by atoms with van der Waals surface area (Å²) in [5, 5.41) is 0. The average Bonchev–Trinajstić information content (AvgIpc) is 3.45. The number of esters is 3. The van der Waals surface area contributed by atoms with Crippen LogP contribution < -0.4 is 0 Å². The molecule has 0 heterocycles. The lowest BCUT2D eigenvalue weighted by atomic mass is 10.0. The number of hydrogen-bond donors (Lipinski definition) is 0. The predicted molar refractivity (Wildman–Crippen MR) is 344 cm³/mol. The second kappa shape index (κ2) is 66.8. The number of unbranched alkanes of at least 4 members (excludes halogenated alkanes) is 34. The summed E-state index contributed by atoms with van der Waals surface area (Å²) in [5.41, 5.74) is 0. The minimum absolute atomic E-state index is 0.0835. The lowest BCUT2D eigenvalue weighted by Gasteiger charge is -2.18. The van der Waals surface area contributed by atoms with E-state index in [-0.39, 0.29) is 31.1 Å². The summed E-state index contributed by atoms with van der Waals surface area (Å²) < 4.78 is 16.9. The number of allylic oxidation sites excluding steroid dienone is 16. The maximum Gasteiger partial charge on any atom is 0.306 e. The van der Waals surface area contributed by atoms with E-state index in [1.165, 1.54) is 167 Å². The summed E-state index contributed by atoms with van der Waals surface area (Å²) in [7, 11) is 0. The first-order valence-corrected chi connectivity index (χ1v) is 33.7. The van der Waals surface area contributed by atoms with Crippen LogP contribution in [0.5, 0.6) is 0 Å². The minimum Gasteiger partial charge on any atom is -0.462 e. The van der Waals surface area contributed by atoms with Gasteiger partial charge in [-0.05, 0) is 122 Å². The van der Waals surface area contributed by atoms with E-state index in [9.17, 15) is 14.4 Å². The zero-order chi connectivity index (χ0) is 57.1. The van der Waals surface area contributed by atoms with Crippen LogP contribution in [0.2, 0.25) is 0 Å². The van der Waals surface area contributed by atoms with E-state index < -0.39 is 6.10 Å². The fourth-order valence-electron chi connectivity index (χ4n) is 9.50. The molecule has 1 unspecified atom stereocenters. The Balaban J connectivity index is 4.23. The van der Waals surface area contributed by atoms with E-state index >= 15 is 0 Å². The molecule has 0 amide bonds. The largest absolute Gasteiger partial charge is 0.462 e. The minimum atomic E-state index is -0.788. The van der Waals surface area contributed by atoms with E-state index in [4.69, 9.17) is 14.2 Å². The highest BCUT2D eigenvalue weighted by atomic mass is 16.6. The molecular weight excluding hydrogens is 973 g/mol. The molecule has 0 spiro atoms. The molecular formula is C73H126O6. The molecule has 0 saturated heterocycles. The van der Waals surface area contributed by atoms with Crippen molar-refractivity contribution in [3.05, 3.63) is 97.2 Å². The molecule has 6 heteroatoms. The highest BCUT2D eigenvalue weighted by Crippen LogP contribution is 2.16. The molecule has 1 atom stereocenters. The average molecular weight is 1100 g/mol. The number of ether oxygens (including phenoxy) is 3. The molecule has 0 aliphatic carbocycles. The summed E-state index contributed by atoms with van der Waals surface area (Å²) in [5.74, 6) is -0.894. The maximum absolute atomic E-state index is 12.9. The van der Waals surface area contributed by atoms with Gasteiger partial charge in [0.15, 0.2) is 6.10 Å². The lowest BCUT2D eigenvalue weighted by molar-refractivity contribution is -0.167. The van der Waals surface area contributed by atoms with Crippen LogP contribution in [0.4, 0.5) is 0 Å². The van der Waals surface area contributed by atoms with Gasteiger partial charge in [-0.3, -0.25) is 14.4 Å². The first-order valence-electron chi connectivity index (χ1n) is 33.7. The second-order valence-electron chi connectivity index (χ2n) is 22.3. The Hall–Kier alpha value is -3.67. The van der Waals surface area contributed by atoms with Crippen molar-refractivity contribution in [1.29, 1.82) is 0 Å². The summed E-state index contributed by atoms with van der Waals surface area (Å²) in [6.07, 6.45) is 90.0. The Bertz CT molecular complexity index is 1540. The van der Waals surface area contributed by atoms with Gasteiger partial charge in [0.1, 0.15) is 13.2 Å². The second-order valence-corrected chi connectivity index (χ2v) is 22.3. The molecule has 454 valence electrons. The van der Waals surface area contributed by atoms with Gasteiger partial charge >= 0.3 is 17.9 Å². The molecule has 6 nitrogen and oxygen atoms in total. The first-order chi connectivity index (χ1) is 39.0. The summed E-state index contributed by atoms with van der Waals surface area (Å²) in [6, 6.07) is 0. The fourth-order valence-corrected chi connectivity index (χ4v) is 9.50. The van der Waals surface area contributed by atoms with Crippen LogP contribution in [0.3, 0.4) is 0 Å². The standard InChI is InChI=1S/C73H126O6/c1-4-7-10-13-16-19-22-25-28-30-31-32-33-34-35-36-37-38-39-40-41-42-43-44-46-48-51-54-57-60-63-66-72(75)78-69-70(68-77-71(74)65-62-59-56-53-50-47-27-24-21-18-15-12-9-6-3)79-73(76)67-64-61-58-55-52-49-45-29-26-23-20-17-14-11-8-5-2/h7,10,16,19-20,23-25,27-29,31-32,34-35,45,70H,4-6,8-9,11-15,17-18,21-22,26,30,33,36-44,46-69H2,1-3H3/b10-7-,19-16-,23-20-,27-24-,28-25-,32-31-,35-34-,45-29-. The van der Waals surface area contributed by atoms with Crippen molar-refractivity contribution in [2.75, 3.05) is 13.2 Å². The predicted octanol–water partition coefficient (Wildman–Crippen LogP) is 23.2. The van der Waals surface area contributed by atoms with Crippen LogP contribution in [-0.2, 0) is 28.6 Å². The molecule has 79 heavy (non-hydrogen) atoms. The topological polar surface area (TPSA) is 78.9 Å². The van der Waals surface area contributed by atoms with Gasteiger partial charge in [-0.25, -0.2) is 0 Å². The third-order valence-electron chi connectivity index (χ3n) is 14.5. The Labute approximate surface area is 489 Å². The van der Waals surface area contributed by atoms with Crippen molar-refractivity contribution >= 4 is 17.9 Å². The lowest BCUT2D eigenvalue weighted by Crippen LogP contribution is -2.30. The van der Waals surface area contributed by atoms with Gasteiger partial charge in [-0.1, -0.05) is 285 Å². The Morgan fingerprint density at radius 3 is 0.797 bits per heavy atom. The van der Waals surface area contributed by atoms with E-state index in [0.29, 0.717) is 19.3 Å². The molecule has 0 aromatic heterocycles. The van der Waals surface area contributed by atoms with Gasteiger partial charge in [-0.15, -0.1) is 0 Å². The quantitative estimate of drug-likeness (QED) is 0.0261. The van der Waals surface area contributed by atoms with Crippen LogP contribution in [0, 0.1) is 0 Å². The Kier molecular flexibility index (Phi) is 63.7. The molecule has 0 N–H and O–H groups in total.